The molecule has 0 radical (unpaired) electrons. The number of nitrogens with one attached hydrogen (secondary N) is 1. The van der Waals surface area contributed by atoms with E-state index in [0.29, 0.717) is 0 Å². The second-order valence-corrected chi connectivity index (χ2v) is 5.47. The Kier molecular flexibility index (Phi) is 3.06. The Balaban J connectivity index is 1.87. The Morgan fingerprint density at radius 3 is 2.83 bits per heavy atom. The van der Waals surface area contributed by atoms with Crippen molar-refractivity contribution in [3.8, 4) is 0 Å². The summed E-state index contributed by atoms with van der Waals surface area (Å²) >= 11 is 3.38. The number of hydrogen-bond acceptors (Lipinski definition) is 3. The lowest BCUT2D eigenvalue weighted by molar-refractivity contribution is 0.624. The molecule has 1 aromatic carbocycles. The van der Waals surface area contributed by atoms with Crippen LogP contribution in [0, 0.1) is 0 Å². The molecule has 1 aliphatic carbocycles. The van der Waals surface area contributed by atoms with Gasteiger partial charge in [-0.05, 0) is 45.6 Å². The maximum atomic E-state index is 6.21. The zero-order valence-corrected chi connectivity index (χ0v) is 11.4. The van der Waals surface area contributed by atoms with Crippen molar-refractivity contribution in [2.75, 3.05) is 5.32 Å². The lowest BCUT2D eigenvalue weighted by atomic mass is 10.1. The van der Waals surface area contributed by atoms with E-state index < -0.39 is 0 Å². The summed E-state index contributed by atoms with van der Waals surface area (Å²) in [6.45, 7) is 0. The van der Waals surface area contributed by atoms with Crippen LogP contribution >= 0.6 is 15.9 Å². The van der Waals surface area contributed by atoms with Crippen LogP contribution in [0.2, 0.25) is 0 Å². The minimum absolute atomic E-state index is 0.104. The van der Waals surface area contributed by atoms with Gasteiger partial charge >= 0.3 is 0 Å². The van der Waals surface area contributed by atoms with Crippen molar-refractivity contribution in [2.24, 2.45) is 5.73 Å². The van der Waals surface area contributed by atoms with Gasteiger partial charge in [-0.15, -0.1) is 0 Å². The first-order valence-corrected chi connectivity index (χ1v) is 6.75. The van der Waals surface area contributed by atoms with E-state index in [2.05, 4.69) is 50.5 Å². The minimum Gasteiger partial charge on any atom is -0.362 e. The van der Waals surface area contributed by atoms with Gasteiger partial charge in [-0.1, -0.05) is 24.3 Å². The van der Waals surface area contributed by atoms with Crippen molar-refractivity contribution in [3.05, 3.63) is 58.2 Å². The largest absolute Gasteiger partial charge is 0.362 e. The predicted octanol–water partition coefficient (Wildman–Crippen LogP) is 2.88. The third-order valence-electron chi connectivity index (χ3n) is 3.30. The maximum absolute atomic E-state index is 6.21. The molecule has 0 bridgehead atoms. The molecule has 2 atom stereocenters. The van der Waals surface area contributed by atoms with Crippen LogP contribution < -0.4 is 11.1 Å². The molecule has 1 heterocycles. The molecule has 0 saturated heterocycles. The molecule has 0 spiro atoms. The maximum Gasteiger partial charge on any atom is 0.126 e. The summed E-state index contributed by atoms with van der Waals surface area (Å²) in [6, 6.07) is 12.6. The van der Waals surface area contributed by atoms with Crippen LogP contribution in [0.5, 0.6) is 0 Å². The van der Waals surface area contributed by atoms with E-state index in [0.717, 1.165) is 16.7 Å². The molecule has 4 heteroatoms. The Labute approximate surface area is 115 Å². The standard InChI is InChI=1S/C14H14BrN3/c15-10-5-6-13(17-8-10)18-14-11-4-2-1-3-9(11)7-12(14)16/h1-6,8,12,14H,7,16H2,(H,17,18). The summed E-state index contributed by atoms with van der Waals surface area (Å²) in [4.78, 5) is 4.34. The summed E-state index contributed by atoms with van der Waals surface area (Å²) in [6.07, 6.45) is 2.71. The predicted molar refractivity (Wildman–Crippen MR) is 76.4 cm³/mol. The number of benzene rings is 1. The summed E-state index contributed by atoms with van der Waals surface area (Å²) in [5.74, 6) is 0.857. The Morgan fingerprint density at radius 1 is 1.22 bits per heavy atom. The monoisotopic (exact) mass is 303 g/mol. The zero-order valence-electron chi connectivity index (χ0n) is 9.81. The van der Waals surface area contributed by atoms with Crippen LogP contribution in [-0.4, -0.2) is 11.0 Å². The fourth-order valence-corrected chi connectivity index (χ4v) is 2.67. The number of nitrogens with two attached hydrogens (primary N) is 1. The summed E-state index contributed by atoms with van der Waals surface area (Å²) < 4.78 is 0.976. The van der Waals surface area contributed by atoms with Crippen molar-refractivity contribution in [2.45, 2.75) is 18.5 Å². The fraction of sp³-hybridized carbons (Fsp3) is 0.214. The highest BCUT2D eigenvalue weighted by Crippen LogP contribution is 2.32. The molecule has 1 aliphatic rings. The first-order chi connectivity index (χ1) is 8.74. The van der Waals surface area contributed by atoms with Gasteiger partial charge in [0.05, 0.1) is 6.04 Å². The fourth-order valence-electron chi connectivity index (χ4n) is 2.43. The Bertz CT molecular complexity index is 553. The van der Waals surface area contributed by atoms with Crippen LogP contribution in [0.1, 0.15) is 17.2 Å². The van der Waals surface area contributed by atoms with E-state index in [-0.39, 0.29) is 12.1 Å². The summed E-state index contributed by atoms with van der Waals surface area (Å²) in [5, 5.41) is 3.42. The molecular formula is C14H14BrN3. The van der Waals surface area contributed by atoms with Crippen molar-refractivity contribution >= 4 is 21.7 Å². The summed E-state index contributed by atoms with van der Waals surface area (Å²) in [5.41, 5.74) is 8.83. The number of aromatic nitrogens is 1. The van der Waals surface area contributed by atoms with E-state index in [1.807, 2.05) is 12.1 Å². The second kappa shape index (κ2) is 4.71. The topological polar surface area (TPSA) is 50.9 Å². The van der Waals surface area contributed by atoms with Gasteiger partial charge in [0.15, 0.2) is 0 Å². The molecule has 3 N–H and O–H groups in total. The normalized spacial score (nSPS) is 21.7. The molecule has 0 fully saturated rings. The van der Waals surface area contributed by atoms with Gasteiger partial charge in [0.2, 0.25) is 0 Å². The number of fused-ring (bicyclic) bond motifs is 1. The SMILES string of the molecule is NC1Cc2ccccc2C1Nc1ccc(Br)cn1. The van der Waals surface area contributed by atoms with Crippen LogP contribution in [0.4, 0.5) is 5.82 Å². The van der Waals surface area contributed by atoms with Gasteiger partial charge in [0, 0.05) is 16.7 Å². The van der Waals surface area contributed by atoms with Gasteiger partial charge in [-0.25, -0.2) is 4.98 Å². The molecule has 0 aliphatic heterocycles. The number of rotatable bonds is 2. The van der Waals surface area contributed by atoms with Crippen molar-refractivity contribution < 1.29 is 0 Å². The van der Waals surface area contributed by atoms with E-state index >= 15 is 0 Å². The highest BCUT2D eigenvalue weighted by molar-refractivity contribution is 9.10. The molecule has 0 saturated carbocycles. The highest BCUT2D eigenvalue weighted by atomic mass is 79.9. The third-order valence-corrected chi connectivity index (χ3v) is 3.77. The van der Waals surface area contributed by atoms with Crippen molar-refractivity contribution in [1.82, 2.24) is 4.98 Å². The lowest BCUT2D eigenvalue weighted by Gasteiger charge is -2.19. The van der Waals surface area contributed by atoms with Gasteiger partial charge in [-0.3, -0.25) is 0 Å². The van der Waals surface area contributed by atoms with E-state index in [9.17, 15) is 0 Å². The molecule has 92 valence electrons. The lowest BCUT2D eigenvalue weighted by Crippen LogP contribution is -2.30. The highest BCUT2D eigenvalue weighted by Gasteiger charge is 2.29. The quantitative estimate of drug-likeness (QED) is 0.897. The molecule has 2 unspecified atom stereocenters. The van der Waals surface area contributed by atoms with Crippen LogP contribution in [-0.2, 0) is 6.42 Å². The van der Waals surface area contributed by atoms with E-state index in [1.54, 1.807) is 6.20 Å². The molecule has 0 amide bonds. The van der Waals surface area contributed by atoms with Gasteiger partial charge in [0.1, 0.15) is 5.82 Å². The number of pyridine rings is 1. The van der Waals surface area contributed by atoms with Crippen LogP contribution in [0.25, 0.3) is 0 Å². The number of anilines is 1. The van der Waals surface area contributed by atoms with Gasteiger partial charge < -0.3 is 11.1 Å². The first-order valence-electron chi connectivity index (χ1n) is 5.95. The average Bonchev–Trinajstić information content (AvgIpc) is 2.69. The van der Waals surface area contributed by atoms with E-state index in [4.69, 9.17) is 5.73 Å². The molecular weight excluding hydrogens is 290 g/mol. The second-order valence-electron chi connectivity index (χ2n) is 4.55. The first kappa shape index (κ1) is 11.7. The third kappa shape index (κ3) is 2.13. The molecule has 1 aromatic heterocycles. The van der Waals surface area contributed by atoms with Crippen LogP contribution in [0.15, 0.2) is 47.1 Å². The van der Waals surface area contributed by atoms with Gasteiger partial charge in [-0.2, -0.15) is 0 Å². The van der Waals surface area contributed by atoms with E-state index in [1.165, 1.54) is 11.1 Å². The van der Waals surface area contributed by atoms with Crippen molar-refractivity contribution in [1.29, 1.82) is 0 Å². The number of halogens is 1. The average molecular weight is 304 g/mol. The molecule has 3 nitrogen and oxygen atoms in total. The van der Waals surface area contributed by atoms with Crippen LogP contribution in [0.3, 0.4) is 0 Å². The number of hydrogen-bond donors (Lipinski definition) is 2. The van der Waals surface area contributed by atoms with Gasteiger partial charge in [0.25, 0.3) is 0 Å². The number of nitrogens with zero attached hydrogens (tertiary/aromatic N) is 1. The smallest absolute Gasteiger partial charge is 0.126 e. The summed E-state index contributed by atoms with van der Waals surface area (Å²) in [7, 11) is 0. The Hall–Kier alpha value is -1.39. The Morgan fingerprint density at radius 2 is 2.06 bits per heavy atom. The molecule has 18 heavy (non-hydrogen) atoms. The minimum atomic E-state index is 0.104. The molecule has 2 aromatic rings. The zero-order chi connectivity index (χ0) is 12.5. The van der Waals surface area contributed by atoms with Crippen molar-refractivity contribution in [3.63, 3.8) is 0 Å². The molecule has 3 rings (SSSR count).